The van der Waals surface area contributed by atoms with Crippen molar-refractivity contribution in [3.8, 4) is 0 Å². The summed E-state index contributed by atoms with van der Waals surface area (Å²) >= 11 is 0. The Morgan fingerprint density at radius 2 is 2.00 bits per heavy atom. The Labute approximate surface area is 84.4 Å². The van der Waals surface area contributed by atoms with Gasteiger partial charge in [0, 0.05) is 6.04 Å². The average Bonchev–Trinajstić information content (AvgIpc) is 2.14. The van der Waals surface area contributed by atoms with Crippen molar-refractivity contribution in [2.75, 3.05) is 0 Å². The van der Waals surface area contributed by atoms with E-state index < -0.39 is 18.1 Å². The molecule has 2 unspecified atom stereocenters. The number of ether oxygens (including phenoxy) is 1. The minimum absolute atomic E-state index is 0.0194. The van der Waals surface area contributed by atoms with E-state index in [2.05, 4.69) is 6.92 Å². The van der Waals surface area contributed by atoms with E-state index in [9.17, 15) is 4.79 Å². The number of carbonyl (C=O) groups is 1. The lowest BCUT2D eigenvalue weighted by Crippen LogP contribution is -2.56. The predicted molar refractivity (Wildman–Crippen MR) is 52.9 cm³/mol. The minimum atomic E-state index is -0.949. The fourth-order valence-electron chi connectivity index (χ4n) is 2.06. The van der Waals surface area contributed by atoms with Crippen molar-refractivity contribution in [2.24, 2.45) is 17.6 Å². The molecule has 0 spiro atoms. The fourth-order valence-corrected chi connectivity index (χ4v) is 2.06. The summed E-state index contributed by atoms with van der Waals surface area (Å²) in [6.45, 7) is 6.07. The minimum Gasteiger partial charge on any atom is -0.479 e. The van der Waals surface area contributed by atoms with Crippen LogP contribution in [0.3, 0.4) is 0 Å². The van der Waals surface area contributed by atoms with E-state index in [1.54, 1.807) is 0 Å². The largest absolute Gasteiger partial charge is 0.479 e. The molecule has 5 atom stereocenters. The van der Waals surface area contributed by atoms with Gasteiger partial charge in [-0.05, 0) is 18.3 Å². The number of nitrogens with two attached hydrogens (primary N) is 1. The maximum absolute atomic E-state index is 10.9. The second-order valence-electron chi connectivity index (χ2n) is 4.14. The summed E-state index contributed by atoms with van der Waals surface area (Å²) in [4.78, 5) is 10.9. The third-order valence-electron chi connectivity index (χ3n) is 3.34. The van der Waals surface area contributed by atoms with Gasteiger partial charge in [-0.25, -0.2) is 4.79 Å². The first-order valence-corrected chi connectivity index (χ1v) is 5.12. The lowest BCUT2D eigenvalue weighted by molar-refractivity contribution is -0.171. The molecule has 0 aromatic carbocycles. The SMILES string of the molecule is CC[C@H]1O[C@@H](C(=O)O)C(N)[C@@H](C)C1C. The standard InChI is InChI=1S/C10H19NO3/c1-4-7-5(2)6(3)8(11)9(14-7)10(12)13/h5-9H,4,11H2,1-3H3,(H,12,13)/t5?,6-,7+,8?,9+/m0/s1. The van der Waals surface area contributed by atoms with Crippen LogP contribution in [0.5, 0.6) is 0 Å². The molecule has 1 fully saturated rings. The van der Waals surface area contributed by atoms with Crippen LogP contribution in [-0.2, 0) is 9.53 Å². The highest BCUT2D eigenvalue weighted by molar-refractivity contribution is 5.73. The molecule has 0 amide bonds. The topological polar surface area (TPSA) is 72.5 Å². The maximum atomic E-state index is 10.9. The second kappa shape index (κ2) is 4.28. The van der Waals surface area contributed by atoms with Gasteiger partial charge in [-0.15, -0.1) is 0 Å². The molecule has 4 heteroatoms. The van der Waals surface area contributed by atoms with Crippen molar-refractivity contribution >= 4 is 5.97 Å². The van der Waals surface area contributed by atoms with E-state index in [0.29, 0.717) is 5.92 Å². The van der Waals surface area contributed by atoms with Crippen molar-refractivity contribution in [3.05, 3.63) is 0 Å². The molecule has 1 aliphatic rings. The van der Waals surface area contributed by atoms with Gasteiger partial charge in [-0.3, -0.25) is 0 Å². The molecular formula is C10H19NO3. The predicted octanol–water partition coefficient (Wildman–Crippen LogP) is 0.848. The number of hydrogen-bond acceptors (Lipinski definition) is 3. The van der Waals surface area contributed by atoms with E-state index in [-0.39, 0.29) is 12.0 Å². The summed E-state index contributed by atoms with van der Waals surface area (Å²) in [5.41, 5.74) is 5.82. The molecule has 1 rings (SSSR count). The molecule has 0 radical (unpaired) electrons. The van der Waals surface area contributed by atoms with E-state index in [1.807, 2.05) is 13.8 Å². The van der Waals surface area contributed by atoms with E-state index in [4.69, 9.17) is 15.6 Å². The van der Waals surface area contributed by atoms with Crippen LogP contribution in [0.2, 0.25) is 0 Å². The molecule has 0 aromatic heterocycles. The summed E-state index contributed by atoms with van der Waals surface area (Å²) in [6, 6.07) is -0.398. The Kier molecular flexibility index (Phi) is 3.50. The van der Waals surface area contributed by atoms with Crippen LogP contribution in [0, 0.1) is 11.8 Å². The third-order valence-corrected chi connectivity index (χ3v) is 3.34. The molecule has 0 aliphatic carbocycles. The Morgan fingerprint density at radius 1 is 1.43 bits per heavy atom. The second-order valence-corrected chi connectivity index (χ2v) is 4.14. The zero-order valence-electron chi connectivity index (χ0n) is 8.93. The summed E-state index contributed by atoms with van der Waals surface area (Å²) in [6.07, 6.45) is 0.0131. The van der Waals surface area contributed by atoms with Gasteiger partial charge in [0.2, 0.25) is 0 Å². The Morgan fingerprint density at radius 3 is 2.43 bits per heavy atom. The quantitative estimate of drug-likeness (QED) is 0.694. The van der Waals surface area contributed by atoms with Gasteiger partial charge in [-0.2, -0.15) is 0 Å². The number of carboxylic acid groups (broad SMARTS) is 1. The van der Waals surface area contributed by atoms with Crippen LogP contribution in [-0.4, -0.2) is 29.3 Å². The highest BCUT2D eigenvalue weighted by Gasteiger charge is 2.41. The molecule has 1 heterocycles. The maximum Gasteiger partial charge on any atom is 0.334 e. The molecule has 1 aliphatic heterocycles. The summed E-state index contributed by atoms with van der Waals surface area (Å²) in [5.74, 6) is -0.435. The number of carboxylic acids is 1. The van der Waals surface area contributed by atoms with Crippen LogP contribution < -0.4 is 5.73 Å². The van der Waals surface area contributed by atoms with Crippen molar-refractivity contribution < 1.29 is 14.6 Å². The van der Waals surface area contributed by atoms with E-state index >= 15 is 0 Å². The summed E-state index contributed by atoms with van der Waals surface area (Å²) in [7, 11) is 0. The third kappa shape index (κ3) is 1.91. The van der Waals surface area contributed by atoms with Gasteiger partial charge in [-0.1, -0.05) is 20.8 Å². The molecule has 4 nitrogen and oxygen atoms in total. The molecule has 0 aromatic rings. The Hall–Kier alpha value is -0.610. The molecular weight excluding hydrogens is 182 g/mol. The van der Waals surface area contributed by atoms with Crippen LogP contribution in [0.1, 0.15) is 27.2 Å². The first-order valence-electron chi connectivity index (χ1n) is 5.12. The van der Waals surface area contributed by atoms with Crippen molar-refractivity contribution in [3.63, 3.8) is 0 Å². The molecule has 3 N–H and O–H groups in total. The van der Waals surface area contributed by atoms with Crippen LogP contribution >= 0.6 is 0 Å². The smallest absolute Gasteiger partial charge is 0.334 e. The van der Waals surface area contributed by atoms with Gasteiger partial charge in [0.05, 0.1) is 6.10 Å². The Bertz CT molecular complexity index is 217. The van der Waals surface area contributed by atoms with Gasteiger partial charge >= 0.3 is 5.97 Å². The Balaban J connectivity index is 2.78. The van der Waals surface area contributed by atoms with Crippen molar-refractivity contribution in [2.45, 2.75) is 45.4 Å². The van der Waals surface area contributed by atoms with E-state index in [1.165, 1.54) is 0 Å². The first-order chi connectivity index (χ1) is 6.49. The number of aliphatic carboxylic acids is 1. The van der Waals surface area contributed by atoms with E-state index in [0.717, 1.165) is 6.42 Å². The summed E-state index contributed by atoms with van der Waals surface area (Å²) < 4.78 is 5.47. The normalized spacial score (nSPS) is 43.6. The fraction of sp³-hybridized carbons (Fsp3) is 0.900. The monoisotopic (exact) mass is 201 g/mol. The first kappa shape index (κ1) is 11.5. The zero-order chi connectivity index (χ0) is 10.9. The molecule has 14 heavy (non-hydrogen) atoms. The molecule has 82 valence electrons. The lowest BCUT2D eigenvalue weighted by atomic mass is 9.79. The average molecular weight is 201 g/mol. The molecule has 1 saturated heterocycles. The van der Waals surface area contributed by atoms with Gasteiger partial charge in [0.25, 0.3) is 0 Å². The summed E-state index contributed by atoms with van der Waals surface area (Å²) in [5, 5.41) is 8.92. The lowest BCUT2D eigenvalue weighted by Gasteiger charge is -2.41. The highest BCUT2D eigenvalue weighted by Crippen LogP contribution is 2.31. The van der Waals surface area contributed by atoms with Gasteiger partial charge in [0.1, 0.15) is 0 Å². The van der Waals surface area contributed by atoms with Crippen molar-refractivity contribution in [1.82, 2.24) is 0 Å². The molecule has 0 saturated carbocycles. The van der Waals surface area contributed by atoms with Crippen LogP contribution in [0.25, 0.3) is 0 Å². The van der Waals surface area contributed by atoms with Gasteiger partial charge in [0.15, 0.2) is 6.10 Å². The highest BCUT2D eigenvalue weighted by atomic mass is 16.5. The van der Waals surface area contributed by atoms with Crippen LogP contribution in [0.15, 0.2) is 0 Å². The molecule has 0 bridgehead atoms. The number of rotatable bonds is 2. The van der Waals surface area contributed by atoms with Gasteiger partial charge < -0.3 is 15.6 Å². The number of hydrogen-bond donors (Lipinski definition) is 2. The van der Waals surface area contributed by atoms with Crippen molar-refractivity contribution in [1.29, 1.82) is 0 Å². The van der Waals surface area contributed by atoms with Crippen LogP contribution in [0.4, 0.5) is 0 Å². The zero-order valence-corrected chi connectivity index (χ0v) is 8.93.